The van der Waals surface area contributed by atoms with Crippen LogP contribution in [0.25, 0.3) is 0 Å². The first kappa shape index (κ1) is 20.0. The van der Waals surface area contributed by atoms with Gasteiger partial charge in [0.15, 0.2) is 0 Å². The Morgan fingerprint density at radius 3 is 2.27 bits per heavy atom. The highest BCUT2D eigenvalue weighted by Gasteiger charge is 2.19. The lowest BCUT2D eigenvalue weighted by Crippen LogP contribution is -2.37. The van der Waals surface area contributed by atoms with E-state index in [-0.39, 0.29) is 30.0 Å². The fraction of sp³-hybridized carbons (Fsp3) is 0.381. The van der Waals surface area contributed by atoms with Gasteiger partial charge in [-0.15, -0.1) is 0 Å². The lowest BCUT2D eigenvalue weighted by Gasteiger charge is -2.26. The third kappa shape index (κ3) is 5.92. The highest BCUT2D eigenvalue weighted by molar-refractivity contribution is 5.77. The molecule has 0 aliphatic carbocycles. The highest BCUT2D eigenvalue weighted by Crippen LogP contribution is 2.21. The first-order chi connectivity index (χ1) is 12.4. The zero-order valence-corrected chi connectivity index (χ0v) is 15.6. The first-order valence-corrected chi connectivity index (χ1v) is 8.78. The van der Waals surface area contributed by atoms with Crippen molar-refractivity contribution < 1.29 is 13.6 Å². The molecule has 26 heavy (non-hydrogen) atoms. The molecule has 1 unspecified atom stereocenters. The van der Waals surface area contributed by atoms with Crippen molar-refractivity contribution in [2.45, 2.75) is 25.8 Å². The second-order valence-electron chi connectivity index (χ2n) is 6.87. The Morgan fingerprint density at radius 1 is 1.00 bits per heavy atom. The van der Waals surface area contributed by atoms with E-state index in [1.807, 2.05) is 25.9 Å². The van der Waals surface area contributed by atoms with Crippen LogP contribution in [0.3, 0.4) is 0 Å². The molecule has 1 atom stereocenters. The van der Waals surface area contributed by atoms with Crippen molar-refractivity contribution in [1.29, 1.82) is 0 Å². The fourth-order valence-electron chi connectivity index (χ4n) is 2.75. The number of rotatable bonds is 8. The summed E-state index contributed by atoms with van der Waals surface area (Å²) in [5.41, 5.74) is 1.42. The average molecular weight is 360 g/mol. The van der Waals surface area contributed by atoms with Crippen molar-refractivity contribution in [1.82, 2.24) is 9.80 Å². The molecule has 2 rings (SSSR count). The number of amides is 1. The molecule has 0 bridgehead atoms. The van der Waals surface area contributed by atoms with Gasteiger partial charge in [-0.3, -0.25) is 4.79 Å². The lowest BCUT2D eigenvalue weighted by molar-refractivity contribution is -0.132. The van der Waals surface area contributed by atoms with Gasteiger partial charge in [0.25, 0.3) is 0 Å². The van der Waals surface area contributed by atoms with Crippen LogP contribution in [-0.4, -0.2) is 42.9 Å². The average Bonchev–Trinajstić information content (AvgIpc) is 2.60. The molecule has 0 saturated heterocycles. The van der Waals surface area contributed by atoms with Crippen LogP contribution in [-0.2, 0) is 11.3 Å². The minimum absolute atomic E-state index is 0.0353. The zero-order valence-electron chi connectivity index (χ0n) is 15.6. The molecule has 2 aromatic carbocycles. The maximum atomic E-state index is 14.0. The van der Waals surface area contributed by atoms with E-state index >= 15 is 0 Å². The molecule has 1 amide bonds. The number of carbonyl (C=O) groups is 1. The standard InChI is InChI=1S/C21H26F2N2O/c1-16(17-8-10-19(22)11-9-17)14-21(26)25(13-12-24(2)3)15-18-6-4-5-7-20(18)23/h4-11,16H,12-15H2,1-3H3. The minimum Gasteiger partial charge on any atom is -0.337 e. The van der Waals surface area contributed by atoms with Gasteiger partial charge in [0, 0.05) is 31.6 Å². The Hall–Kier alpha value is -2.27. The van der Waals surface area contributed by atoms with Crippen LogP contribution in [0.4, 0.5) is 8.78 Å². The molecule has 0 fully saturated rings. The van der Waals surface area contributed by atoms with Crippen molar-refractivity contribution in [2.75, 3.05) is 27.2 Å². The van der Waals surface area contributed by atoms with Crippen molar-refractivity contribution in [3.63, 3.8) is 0 Å². The normalized spacial score (nSPS) is 12.2. The molecule has 5 heteroatoms. The summed E-state index contributed by atoms with van der Waals surface area (Å²) in [6, 6.07) is 12.7. The summed E-state index contributed by atoms with van der Waals surface area (Å²) >= 11 is 0. The summed E-state index contributed by atoms with van der Waals surface area (Å²) in [7, 11) is 3.87. The van der Waals surface area contributed by atoms with Gasteiger partial charge in [-0.05, 0) is 43.8 Å². The summed E-state index contributed by atoms with van der Waals surface area (Å²) in [4.78, 5) is 16.5. The molecule has 0 N–H and O–H groups in total. The number of halogens is 2. The second-order valence-corrected chi connectivity index (χ2v) is 6.87. The van der Waals surface area contributed by atoms with Gasteiger partial charge in [-0.25, -0.2) is 8.78 Å². The Kier molecular flexibility index (Phi) is 7.27. The van der Waals surface area contributed by atoms with E-state index < -0.39 is 0 Å². The molecule has 0 saturated carbocycles. The number of hydrogen-bond donors (Lipinski definition) is 0. The number of benzene rings is 2. The summed E-state index contributed by atoms with van der Waals surface area (Å²) in [5.74, 6) is -0.668. The molecule has 2 aromatic rings. The molecular weight excluding hydrogens is 334 g/mol. The number of hydrogen-bond acceptors (Lipinski definition) is 2. The third-order valence-corrected chi connectivity index (χ3v) is 4.41. The summed E-state index contributed by atoms with van der Waals surface area (Å²) in [5, 5.41) is 0. The smallest absolute Gasteiger partial charge is 0.223 e. The Morgan fingerprint density at radius 2 is 1.65 bits per heavy atom. The number of likely N-dealkylation sites (N-methyl/N-ethyl adjacent to an activating group) is 1. The monoisotopic (exact) mass is 360 g/mol. The number of carbonyl (C=O) groups excluding carboxylic acids is 1. The molecule has 0 aliphatic heterocycles. The largest absolute Gasteiger partial charge is 0.337 e. The van der Waals surface area contributed by atoms with Gasteiger partial charge >= 0.3 is 0 Å². The summed E-state index contributed by atoms with van der Waals surface area (Å²) in [6.45, 7) is 3.41. The Labute approximate surface area is 154 Å². The van der Waals surface area contributed by atoms with Crippen LogP contribution in [0.2, 0.25) is 0 Å². The maximum absolute atomic E-state index is 14.0. The van der Waals surface area contributed by atoms with Gasteiger partial charge < -0.3 is 9.80 Å². The predicted molar refractivity (Wildman–Crippen MR) is 99.8 cm³/mol. The van der Waals surface area contributed by atoms with E-state index in [9.17, 15) is 13.6 Å². The van der Waals surface area contributed by atoms with Crippen molar-refractivity contribution in [2.24, 2.45) is 0 Å². The van der Waals surface area contributed by atoms with Crippen LogP contribution >= 0.6 is 0 Å². The SMILES string of the molecule is CC(CC(=O)N(CCN(C)C)Cc1ccccc1F)c1ccc(F)cc1. The molecular formula is C21H26F2N2O. The van der Waals surface area contributed by atoms with Crippen molar-refractivity contribution in [3.8, 4) is 0 Å². The molecule has 0 spiro atoms. The van der Waals surface area contributed by atoms with E-state index in [0.717, 1.165) is 5.56 Å². The molecule has 140 valence electrons. The zero-order chi connectivity index (χ0) is 19.1. The van der Waals surface area contributed by atoms with Crippen LogP contribution in [0, 0.1) is 11.6 Å². The van der Waals surface area contributed by atoms with Crippen LogP contribution in [0.5, 0.6) is 0 Å². The van der Waals surface area contributed by atoms with E-state index in [1.165, 1.54) is 18.2 Å². The number of nitrogens with zero attached hydrogens (tertiary/aromatic N) is 2. The molecule has 0 radical (unpaired) electrons. The maximum Gasteiger partial charge on any atom is 0.223 e. The van der Waals surface area contributed by atoms with Crippen LogP contribution in [0.1, 0.15) is 30.4 Å². The van der Waals surface area contributed by atoms with E-state index in [0.29, 0.717) is 25.1 Å². The molecule has 0 aliphatic rings. The van der Waals surface area contributed by atoms with E-state index in [1.54, 1.807) is 35.2 Å². The van der Waals surface area contributed by atoms with Crippen LogP contribution in [0.15, 0.2) is 48.5 Å². The molecule has 0 aromatic heterocycles. The topological polar surface area (TPSA) is 23.6 Å². The van der Waals surface area contributed by atoms with Gasteiger partial charge in [0.05, 0.1) is 0 Å². The van der Waals surface area contributed by atoms with Gasteiger partial charge in [0.2, 0.25) is 5.91 Å². The first-order valence-electron chi connectivity index (χ1n) is 8.78. The Balaban J connectivity index is 2.09. The van der Waals surface area contributed by atoms with Crippen LogP contribution < -0.4 is 0 Å². The molecule has 0 heterocycles. The van der Waals surface area contributed by atoms with E-state index in [2.05, 4.69) is 0 Å². The minimum atomic E-state index is -0.304. The fourth-order valence-corrected chi connectivity index (χ4v) is 2.75. The van der Waals surface area contributed by atoms with E-state index in [4.69, 9.17) is 0 Å². The van der Waals surface area contributed by atoms with Crippen molar-refractivity contribution >= 4 is 5.91 Å². The molecule has 3 nitrogen and oxygen atoms in total. The third-order valence-electron chi connectivity index (χ3n) is 4.41. The van der Waals surface area contributed by atoms with Gasteiger partial charge in [-0.2, -0.15) is 0 Å². The predicted octanol–water partition coefficient (Wildman–Crippen LogP) is 4.05. The lowest BCUT2D eigenvalue weighted by atomic mass is 9.97. The van der Waals surface area contributed by atoms with Crippen molar-refractivity contribution in [3.05, 3.63) is 71.3 Å². The highest BCUT2D eigenvalue weighted by atomic mass is 19.1. The van der Waals surface area contributed by atoms with Gasteiger partial charge in [-0.1, -0.05) is 37.3 Å². The quantitative estimate of drug-likeness (QED) is 0.709. The van der Waals surface area contributed by atoms with Gasteiger partial charge in [0.1, 0.15) is 11.6 Å². The summed E-state index contributed by atoms with van der Waals surface area (Å²) in [6.07, 6.45) is 0.299. The summed E-state index contributed by atoms with van der Waals surface area (Å²) < 4.78 is 27.1. The Bertz CT molecular complexity index is 716. The second kappa shape index (κ2) is 9.43.